The molecule has 0 radical (unpaired) electrons. The third-order valence-electron chi connectivity index (χ3n) is 2.93. The summed E-state index contributed by atoms with van der Waals surface area (Å²) in [7, 11) is 0. The van der Waals surface area contributed by atoms with Crippen molar-refractivity contribution in [3.63, 3.8) is 0 Å². The summed E-state index contributed by atoms with van der Waals surface area (Å²) in [6.07, 6.45) is 1.01. The van der Waals surface area contributed by atoms with Gasteiger partial charge in [0, 0.05) is 13.0 Å². The van der Waals surface area contributed by atoms with Gasteiger partial charge in [0.25, 0.3) is 0 Å². The van der Waals surface area contributed by atoms with Gasteiger partial charge in [-0.25, -0.2) is 4.98 Å². The summed E-state index contributed by atoms with van der Waals surface area (Å²) in [5, 5.41) is 8.50. The van der Waals surface area contributed by atoms with Crippen molar-refractivity contribution in [3.8, 4) is 10.7 Å². The van der Waals surface area contributed by atoms with Crippen LogP contribution in [0.15, 0.2) is 0 Å². The van der Waals surface area contributed by atoms with Gasteiger partial charge in [0.2, 0.25) is 0 Å². The van der Waals surface area contributed by atoms with E-state index in [0.29, 0.717) is 16.6 Å². The average molecular weight is 310 g/mol. The zero-order valence-electron chi connectivity index (χ0n) is 12.7. The van der Waals surface area contributed by atoms with Crippen LogP contribution in [0.1, 0.15) is 38.4 Å². The maximum absolute atomic E-state index is 5.34. The molecule has 0 fully saturated rings. The molecule has 2 aromatic rings. The summed E-state index contributed by atoms with van der Waals surface area (Å²) in [6, 6.07) is 0. The van der Waals surface area contributed by atoms with Crippen LogP contribution in [0.5, 0.6) is 0 Å². The molecule has 110 valence electrons. The molecule has 0 bridgehead atoms. The molecule has 2 aromatic heterocycles. The molecule has 2 heterocycles. The van der Waals surface area contributed by atoms with Crippen molar-refractivity contribution in [2.75, 3.05) is 0 Å². The van der Waals surface area contributed by atoms with Crippen LogP contribution >= 0.6 is 23.6 Å². The molecule has 0 amide bonds. The van der Waals surface area contributed by atoms with Gasteiger partial charge in [-0.3, -0.25) is 9.67 Å². The highest BCUT2D eigenvalue weighted by Crippen LogP contribution is 2.30. The highest BCUT2D eigenvalue weighted by molar-refractivity contribution is 7.71. The Morgan fingerprint density at radius 2 is 1.95 bits per heavy atom. The summed E-state index contributed by atoms with van der Waals surface area (Å²) in [5.74, 6) is 2.07. The number of aromatic nitrogens is 4. The Labute approximate surface area is 129 Å². The molecule has 0 aromatic carbocycles. The fourth-order valence-electron chi connectivity index (χ4n) is 2.12. The van der Waals surface area contributed by atoms with Crippen LogP contribution < -0.4 is 0 Å². The predicted octanol–water partition coefficient (Wildman–Crippen LogP) is 4.23. The minimum Gasteiger partial charge on any atom is -0.299 e. The van der Waals surface area contributed by atoms with Crippen LogP contribution in [-0.4, -0.2) is 19.7 Å². The lowest BCUT2D eigenvalue weighted by Gasteiger charge is -2.08. The van der Waals surface area contributed by atoms with E-state index in [4.69, 9.17) is 12.2 Å². The van der Waals surface area contributed by atoms with Gasteiger partial charge in [-0.2, -0.15) is 5.10 Å². The molecule has 1 N–H and O–H groups in total. The Bertz CT molecular complexity index is 634. The molecule has 2 rings (SSSR count). The molecule has 0 saturated carbocycles. The lowest BCUT2D eigenvalue weighted by molar-refractivity contribution is 0.521. The van der Waals surface area contributed by atoms with Crippen molar-refractivity contribution >= 4 is 23.6 Å². The SMILES string of the molecule is Cc1nc(CC(C)C)sc1-c1n[nH]c(=S)n1CC(C)C. The summed E-state index contributed by atoms with van der Waals surface area (Å²) in [6.45, 7) is 11.7. The van der Waals surface area contributed by atoms with Crippen LogP contribution in [-0.2, 0) is 13.0 Å². The summed E-state index contributed by atoms with van der Waals surface area (Å²) < 4.78 is 2.77. The molecule has 6 heteroatoms. The molecule has 0 saturated heterocycles. The van der Waals surface area contributed by atoms with Gasteiger partial charge in [0.05, 0.1) is 15.6 Å². The first-order valence-corrected chi connectivity index (χ1v) is 8.22. The Hall–Kier alpha value is -1.01. The van der Waals surface area contributed by atoms with Gasteiger partial charge in [-0.15, -0.1) is 11.3 Å². The van der Waals surface area contributed by atoms with Crippen molar-refractivity contribution in [2.45, 2.75) is 47.6 Å². The molecular formula is C14H22N4S2. The van der Waals surface area contributed by atoms with E-state index in [1.807, 2.05) is 6.92 Å². The van der Waals surface area contributed by atoms with Crippen molar-refractivity contribution in [3.05, 3.63) is 15.5 Å². The Morgan fingerprint density at radius 1 is 1.25 bits per heavy atom. The second-order valence-corrected chi connectivity index (χ2v) is 7.45. The highest BCUT2D eigenvalue weighted by Gasteiger charge is 2.17. The van der Waals surface area contributed by atoms with Gasteiger partial charge in [-0.1, -0.05) is 27.7 Å². The second kappa shape index (κ2) is 6.18. The van der Waals surface area contributed by atoms with Gasteiger partial charge in [0.15, 0.2) is 10.6 Å². The Morgan fingerprint density at radius 3 is 2.55 bits per heavy atom. The maximum Gasteiger partial charge on any atom is 0.195 e. The van der Waals surface area contributed by atoms with Crippen molar-refractivity contribution in [1.29, 1.82) is 0 Å². The average Bonchev–Trinajstić information content (AvgIpc) is 2.83. The standard InChI is InChI=1S/C14H22N4S2/c1-8(2)6-11-15-10(5)12(20-11)13-16-17-14(19)18(13)7-9(3)4/h8-9H,6-7H2,1-5H3,(H,17,19). The molecule has 0 aliphatic rings. The molecule has 0 atom stereocenters. The van der Waals surface area contributed by atoms with Crippen LogP contribution in [0.4, 0.5) is 0 Å². The maximum atomic E-state index is 5.34. The molecule has 4 nitrogen and oxygen atoms in total. The predicted molar refractivity (Wildman–Crippen MR) is 86.6 cm³/mol. The topological polar surface area (TPSA) is 46.5 Å². The van der Waals surface area contributed by atoms with Gasteiger partial charge in [0.1, 0.15) is 0 Å². The monoisotopic (exact) mass is 310 g/mol. The lowest BCUT2D eigenvalue weighted by atomic mass is 10.1. The van der Waals surface area contributed by atoms with Crippen molar-refractivity contribution in [2.24, 2.45) is 11.8 Å². The van der Waals surface area contributed by atoms with E-state index >= 15 is 0 Å². The smallest absolute Gasteiger partial charge is 0.195 e. The van der Waals surface area contributed by atoms with Crippen molar-refractivity contribution < 1.29 is 0 Å². The van der Waals surface area contributed by atoms with E-state index in [9.17, 15) is 0 Å². The fraction of sp³-hybridized carbons (Fsp3) is 0.643. The number of hydrogen-bond acceptors (Lipinski definition) is 4. The number of aromatic amines is 1. The van der Waals surface area contributed by atoms with E-state index in [2.05, 4.69) is 47.4 Å². The first-order chi connectivity index (χ1) is 9.38. The van der Waals surface area contributed by atoms with Crippen LogP contribution in [0, 0.1) is 23.5 Å². The number of nitrogens with zero attached hydrogens (tertiary/aromatic N) is 3. The number of H-pyrrole nitrogens is 1. The third kappa shape index (κ3) is 3.35. The Kier molecular flexibility index (Phi) is 4.75. The molecule has 0 unspecified atom stereocenters. The van der Waals surface area contributed by atoms with Gasteiger partial charge < -0.3 is 0 Å². The number of nitrogens with one attached hydrogen (secondary N) is 1. The number of rotatable bonds is 5. The van der Waals surface area contributed by atoms with Gasteiger partial charge in [-0.05, 0) is 31.0 Å². The van der Waals surface area contributed by atoms with Crippen molar-refractivity contribution in [1.82, 2.24) is 19.7 Å². The zero-order valence-corrected chi connectivity index (χ0v) is 14.4. The first-order valence-electron chi connectivity index (χ1n) is 7.00. The largest absolute Gasteiger partial charge is 0.299 e. The zero-order chi connectivity index (χ0) is 14.9. The number of aryl methyl sites for hydroxylation is 1. The quantitative estimate of drug-likeness (QED) is 0.841. The van der Waals surface area contributed by atoms with Crippen LogP contribution in [0.25, 0.3) is 10.7 Å². The minimum absolute atomic E-state index is 0.529. The van der Waals surface area contributed by atoms with E-state index in [1.54, 1.807) is 11.3 Å². The van der Waals surface area contributed by atoms with E-state index < -0.39 is 0 Å². The molecule has 0 aliphatic carbocycles. The number of thiazole rings is 1. The first kappa shape index (κ1) is 15.4. The van der Waals surface area contributed by atoms with E-state index in [0.717, 1.165) is 29.4 Å². The lowest BCUT2D eigenvalue weighted by Crippen LogP contribution is -2.06. The van der Waals surface area contributed by atoms with E-state index in [-0.39, 0.29) is 0 Å². The highest BCUT2D eigenvalue weighted by atomic mass is 32.1. The molecule has 0 aliphatic heterocycles. The van der Waals surface area contributed by atoms with Crippen LogP contribution in [0.3, 0.4) is 0 Å². The normalized spacial score (nSPS) is 11.8. The summed E-state index contributed by atoms with van der Waals surface area (Å²) >= 11 is 7.08. The summed E-state index contributed by atoms with van der Waals surface area (Å²) in [5.41, 5.74) is 1.05. The molecule has 20 heavy (non-hydrogen) atoms. The molecular weight excluding hydrogens is 288 g/mol. The Balaban J connectivity index is 2.41. The fourth-order valence-corrected chi connectivity index (χ4v) is 3.60. The van der Waals surface area contributed by atoms with Gasteiger partial charge >= 0.3 is 0 Å². The van der Waals surface area contributed by atoms with E-state index in [1.165, 1.54) is 5.01 Å². The molecule has 0 spiro atoms. The second-order valence-electron chi connectivity index (χ2n) is 5.98. The minimum atomic E-state index is 0.529. The third-order valence-corrected chi connectivity index (χ3v) is 4.42. The number of hydrogen-bond donors (Lipinski definition) is 1. The summed E-state index contributed by atoms with van der Waals surface area (Å²) in [4.78, 5) is 5.81. The van der Waals surface area contributed by atoms with Crippen LogP contribution in [0.2, 0.25) is 0 Å².